The van der Waals surface area contributed by atoms with Gasteiger partial charge >= 0.3 is 6.18 Å². The number of ether oxygens (including phenoxy) is 1. The number of amides is 1. The molecule has 0 radical (unpaired) electrons. The van der Waals surface area contributed by atoms with E-state index in [1.807, 2.05) is 6.07 Å². The molecule has 37 heavy (non-hydrogen) atoms. The number of carbonyl (C=O) groups excluding carboxylic acids is 1. The van der Waals surface area contributed by atoms with E-state index < -0.39 is 29.4 Å². The number of nitrogens with zero attached hydrogens (tertiary/aromatic N) is 1. The number of para-hydroxylation sites is 1. The summed E-state index contributed by atoms with van der Waals surface area (Å²) in [6.45, 7) is 0.0556. The lowest BCUT2D eigenvalue weighted by Crippen LogP contribution is -2.48. The molecule has 1 fully saturated rings. The minimum Gasteiger partial charge on any atom is -0.492 e. The van der Waals surface area contributed by atoms with E-state index in [9.17, 15) is 22.4 Å². The Morgan fingerprint density at radius 2 is 2.03 bits per heavy atom. The average molecular weight is 514 g/mol. The summed E-state index contributed by atoms with van der Waals surface area (Å²) in [7, 11) is 1.33. The number of alkyl halides is 3. The van der Waals surface area contributed by atoms with Crippen LogP contribution in [0.2, 0.25) is 0 Å². The molecule has 4 aromatic rings. The molecule has 0 bridgehead atoms. The third-order valence-electron chi connectivity index (χ3n) is 7.18. The van der Waals surface area contributed by atoms with Gasteiger partial charge in [0.15, 0.2) is 11.6 Å². The number of hydrogen-bond donors (Lipinski definition) is 5. The second-order valence-electron chi connectivity index (χ2n) is 9.31. The molecule has 2 aliphatic rings. The molecule has 6 rings (SSSR count). The summed E-state index contributed by atoms with van der Waals surface area (Å²) in [4.78, 5) is 23.9. The summed E-state index contributed by atoms with van der Waals surface area (Å²) in [5, 5.41) is 9.24. The molecule has 3 aromatic heterocycles. The number of methoxy groups -OCH3 is 1. The van der Waals surface area contributed by atoms with E-state index in [0.29, 0.717) is 28.3 Å². The van der Waals surface area contributed by atoms with Crippen LogP contribution in [0.25, 0.3) is 22.3 Å². The summed E-state index contributed by atoms with van der Waals surface area (Å²) in [6.07, 6.45) is -1.37. The molecule has 8 nitrogen and oxygen atoms in total. The quantitative estimate of drug-likeness (QED) is 0.260. The fourth-order valence-corrected chi connectivity index (χ4v) is 5.42. The predicted octanol–water partition coefficient (Wildman–Crippen LogP) is 4.35. The van der Waals surface area contributed by atoms with Gasteiger partial charge in [0.1, 0.15) is 11.7 Å². The van der Waals surface area contributed by atoms with E-state index in [4.69, 9.17) is 4.74 Å². The number of aromatic amines is 2. The van der Waals surface area contributed by atoms with Crippen molar-refractivity contribution in [2.24, 2.45) is 0 Å². The fraction of sp³-hybridized carbons (Fsp3) is 0.280. The minimum absolute atomic E-state index is 0.0169. The number of anilines is 2. The van der Waals surface area contributed by atoms with Gasteiger partial charge in [-0.15, -0.1) is 0 Å². The van der Waals surface area contributed by atoms with Gasteiger partial charge in [-0.25, -0.2) is 9.37 Å². The summed E-state index contributed by atoms with van der Waals surface area (Å²) >= 11 is 0. The Hall–Kier alpha value is -4.06. The van der Waals surface area contributed by atoms with Gasteiger partial charge in [0, 0.05) is 47.5 Å². The van der Waals surface area contributed by atoms with Crippen molar-refractivity contribution >= 4 is 28.3 Å². The van der Waals surface area contributed by atoms with E-state index >= 15 is 0 Å². The van der Waals surface area contributed by atoms with Gasteiger partial charge in [-0.3, -0.25) is 4.79 Å². The fourth-order valence-electron chi connectivity index (χ4n) is 5.42. The number of nitrogens with one attached hydrogen (secondary N) is 5. The number of halogens is 4. The van der Waals surface area contributed by atoms with Crippen LogP contribution in [0.5, 0.6) is 5.75 Å². The smallest absolute Gasteiger partial charge is 0.403 e. The van der Waals surface area contributed by atoms with Crippen molar-refractivity contribution < 1.29 is 27.1 Å². The standard InChI is InChI=1S/C25H22F4N6O2/c1-37-20-14(26)3-2-4-15(20)34-19-17-21(35-18(19)12-5-7-30-22-13(12)6-8-31-22)24(11-33-23(17)36)9-16(32-10-24)25(27,28)29/h2-8,16,32,34-35H,9-11H2,1H3,(H,30,31)(H,33,36)/t16-,24-/m1/s1. The molecule has 0 unspecified atom stereocenters. The van der Waals surface area contributed by atoms with Crippen molar-refractivity contribution in [1.29, 1.82) is 0 Å². The minimum atomic E-state index is -4.43. The second-order valence-corrected chi connectivity index (χ2v) is 9.31. The number of carbonyl (C=O) groups is 1. The van der Waals surface area contributed by atoms with Crippen LogP contribution in [-0.4, -0.2) is 53.3 Å². The molecule has 0 aliphatic carbocycles. The molecule has 5 heterocycles. The predicted molar refractivity (Wildman–Crippen MR) is 129 cm³/mol. The van der Waals surface area contributed by atoms with Crippen LogP contribution in [0.1, 0.15) is 22.5 Å². The Bertz CT molecular complexity index is 1530. The zero-order valence-electron chi connectivity index (χ0n) is 19.5. The Kier molecular flexibility index (Phi) is 5.19. The lowest BCUT2D eigenvalue weighted by atomic mass is 9.77. The molecule has 1 saturated heterocycles. The number of aromatic nitrogens is 3. The van der Waals surface area contributed by atoms with Gasteiger partial charge in [-0.1, -0.05) is 6.07 Å². The molecule has 5 N–H and O–H groups in total. The van der Waals surface area contributed by atoms with Crippen molar-refractivity contribution in [3.05, 3.63) is 59.8 Å². The summed E-state index contributed by atoms with van der Waals surface area (Å²) < 4.78 is 60.6. The number of pyridine rings is 1. The van der Waals surface area contributed by atoms with Crippen molar-refractivity contribution in [3.8, 4) is 17.0 Å². The third-order valence-corrected chi connectivity index (χ3v) is 7.18. The van der Waals surface area contributed by atoms with Crippen molar-refractivity contribution in [1.82, 2.24) is 25.6 Å². The Morgan fingerprint density at radius 3 is 2.78 bits per heavy atom. The molecule has 2 atom stereocenters. The van der Waals surface area contributed by atoms with Crippen LogP contribution in [0.15, 0.2) is 42.7 Å². The topological polar surface area (TPSA) is 107 Å². The van der Waals surface area contributed by atoms with Crippen LogP contribution < -0.4 is 20.7 Å². The van der Waals surface area contributed by atoms with Crippen LogP contribution in [0.3, 0.4) is 0 Å². The molecule has 12 heteroatoms. The van der Waals surface area contributed by atoms with Gasteiger partial charge in [0.25, 0.3) is 5.91 Å². The number of H-pyrrole nitrogens is 2. The highest BCUT2D eigenvalue weighted by atomic mass is 19.4. The van der Waals surface area contributed by atoms with Gasteiger partial charge in [0.2, 0.25) is 0 Å². The molecule has 1 spiro atoms. The monoisotopic (exact) mass is 514 g/mol. The highest BCUT2D eigenvalue weighted by molar-refractivity contribution is 6.09. The number of rotatable bonds is 4. The maximum atomic E-state index is 14.5. The highest BCUT2D eigenvalue weighted by Gasteiger charge is 2.54. The van der Waals surface area contributed by atoms with Crippen LogP contribution in [0, 0.1) is 5.82 Å². The molecule has 1 amide bonds. The zero-order valence-corrected chi connectivity index (χ0v) is 19.5. The maximum Gasteiger partial charge on any atom is 0.403 e. The van der Waals surface area contributed by atoms with E-state index in [1.54, 1.807) is 24.5 Å². The first-order chi connectivity index (χ1) is 17.7. The van der Waals surface area contributed by atoms with Crippen molar-refractivity contribution in [2.75, 3.05) is 25.5 Å². The highest BCUT2D eigenvalue weighted by Crippen LogP contribution is 2.48. The normalized spacial score (nSPS) is 21.3. The van der Waals surface area contributed by atoms with Crippen LogP contribution in [0.4, 0.5) is 28.9 Å². The zero-order chi connectivity index (χ0) is 25.9. The summed E-state index contributed by atoms with van der Waals surface area (Å²) in [5.74, 6) is -1.12. The lowest BCUT2D eigenvalue weighted by molar-refractivity contribution is -0.152. The largest absolute Gasteiger partial charge is 0.492 e. The van der Waals surface area contributed by atoms with Gasteiger partial charge in [0.05, 0.1) is 29.7 Å². The van der Waals surface area contributed by atoms with E-state index in [1.165, 1.54) is 19.2 Å². The van der Waals surface area contributed by atoms with E-state index in [0.717, 1.165) is 5.39 Å². The number of benzene rings is 1. The maximum absolute atomic E-state index is 14.5. The molecule has 1 aromatic carbocycles. The first-order valence-corrected chi connectivity index (χ1v) is 11.6. The summed E-state index contributed by atoms with van der Waals surface area (Å²) in [6, 6.07) is 6.18. The molecule has 2 aliphatic heterocycles. The van der Waals surface area contributed by atoms with E-state index in [-0.39, 0.29) is 36.5 Å². The van der Waals surface area contributed by atoms with Crippen LogP contribution in [-0.2, 0) is 5.41 Å². The van der Waals surface area contributed by atoms with Gasteiger partial charge in [-0.05, 0) is 30.7 Å². The SMILES string of the molecule is COc1c(F)cccc1Nc1c(-c2ccnc3[nH]ccc23)[nH]c2c1C(=O)NC[C@@]21CN[C@@H](C(F)(F)F)C1. The average Bonchev–Trinajstić information content (AvgIpc) is 3.59. The Balaban J connectivity index is 1.58. The number of hydrogen-bond acceptors (Lipinski definition) is 5. The molecular weight excluding hydrogens is 492 g/mol. The third kappa shape index (κ3) is 3.62. The Morgan fingerprint density at radius 1 is 1.19 bits per heavy atom. The molecular formula is C25H22F4N6O2. The molecule has 192 valence electrons. The van der Waals surface area contributed by atoms with E-state index in [2.05, 4.69) is 30.9 Å². The molecule has 0 saturated carbocycles. The lowest BCUT2D eigenvalue weighted by Gasteiger charge is -2.33. The first-order valence-electron chi connectivity index (χ1n) is 11.6. The van der Waals surface area contributed by atoms with Gasteiger partial charge in [-0.2, -0.15) is 13.2 Å². The van der Waals surface area contributed by atoms with Gasteiger partial charge < -0.3 is 30.7 Å². The van der Waals surface area contributed by atoms with Crippen LogP contribution >= 0.6 is 0 Å². The Labute approximate surface area is 207 Å². The van der Waals surface area contributed by atoms with Crippen molar-refractivity contribution in [3.63, 3.8) is 0 Å². The van der Waals surface area contributed by atoms with Crippen molar-refractivity contribution in [2.45, 2.75) is 24.1 Å². The first kappa shape index (κ1) is 23.3. The summed E-state index contributed by atoms with van der Waals surface area (Å²) in [5.41, 5.74) is 1.85. The number of fused-ring (bicyclic) bond motifs is 3. The second kappa shape index (κ2) is 8.23.